The van der Waals surface area contributed by atoms with Crippen molar-refractivity contribution in [3.8, 4) is 0 Å². The molecule has 0 aromatic heterocycles. The van der Waals surface area contributed by atoms with E-state index in [0.717, 1.165) is 38.5 Å². The lowest BCUT2D eigenvalue weighted by Crippen LogP contribution is -2.37. The van der Waals surface area contributed by atoms with Crippen molar-refractivity contribution in [3.63, 3.8) is 0 Å². The highest BCUT2D eigenvalue weighted by Crippen LogP contribution is 2.35. The van der Waals surface area contributed by atoms with Gasteiger partial charge in [-0.15, -0.1) is 0 Å². The van der Waals surface area contributed by atoms with Gasteiger partial charge >= 0.3 is 0 Å². The van der Waals surface area contributed by atoms with E-state index in [2.05, 4.69) is 0 Å². The number of hydrogen-bond acceptors (Lipinski definition) is 3. The minimum Gasteiger partial charge on any atom is -0.330 e. The highest BCUT2D eigenvalue weighted by Gasteiger charge is 2.33. The third kappa shape index (κ3) is 3.55. The van der Waals surface area contributed by atoms with Crippen LogP contribution in [-0.2, 0) is 10.1 Å². The lowest BCUT2D eigenvalue weighted by molar-refractivity contribution is 0.284. The molecule has 84 valence electrons. The van der Waals surface area contributed by atoms with Crippen molar-refractivity contribution in [3.05, 3.63) is 0 Å². The Morgan fingerprint density at radius 2 is 1.64 bits per heavy atom. The molecule has 1 aliphatic rings. The van der Waals surface area contributed by atoms with Gasteiger partial charge in [0.15, 0.2) is 0 Å². The summed E-state index contributed by atoms with van der Waals surface area (Å²) >= 11 is 0. The molecule has 4 nitrogen and oxygen atoms in total. The van der Waals surface area contributed by atoms with Crippen LogP contribution in [0.5, 0.6) is 0 Å². The summed E-state index contributed by atoms with van der Waals surface area (Å²) < 4.78 is 30.6. The Morgan fingerprint density at radius 1 is 1.14 bits per heavy atom. The van der Waals surface area contributed by atoms with Crippen molar-refractivity contribution in [1.29, 1.82) is 0 Å². The SMILES string of the molecule is NCC1(CS(=O)(=O)O)CCCCCC1. The van der Waals surface area contributed by atoms with Crippen molar-refractivity contribution in [2.75, 3.05) is 12.3 Å². The molecule has 3 N–H and O–H groups in total. The minimum atomic E-state index is -3.89. The molecule has 0 bridgehead atoms. The van der Waals surface area contributed by atoms with E-state index in [4.69, 9.17) is 10.3 Å². The third-order valence-electron chi connectivity index (χ3n) is 3.09. The number of rotatable bonds is 3. The summed E-state index contributed by atoms with van der Waals surface area (Å²) in [5.74, 6) is -0.170. The molecule has 0 amide bonds. The first-order valence-corrected chi connectivity index (χ1v) is 6.74. The fraction of sp³-hybridized carbons (Fsp3) is 1.00. The molecular formula is C9H19NO3S. The van der Waals surface area contributed by atoms with E-state index < -0.39 is 10.1 Å². The molecule has 1 rings (SSSR count). The highest BCUT2D eigenvalue weighted by atomic mass is 32.2. The Labute approximate surface area is 85.6 Å². The lowest BCUT2D eigenvalue weighted by atomic mass is 9.82. The molecule has 5 heteroatoms. The fourth-order valence-electron chi connectivity index (χ4n) is 2.27. The Balaban J connectivity index is 2.72. The Kier molecular flexibility index (Phi) is 3.92. The zero-order valence-corrected chi connectivity index (χ0v) is 9.22. The first kappa shape index (κ1) is 11.9. The van der Waals surface area contributed by atoms with Crippen LogP contribution in [0.25, 0.3) is 0 Å². The maximum absolute atomic E-state index is 10.9. The van der Waals surface area contributed by atoms with Gasteiger partial charge in [-0.25, -0.2) is 0 Å². The first-order chi connectivity index (χ1) is 6.47. The zero-order valence-electron chi connectivity index (χ0n) is 8.41. The van der Waals surface area contributed by atoms with Crippen LogP contribution in [0.2, 0.25) is 0 Å². The molecule has 0 aliphatic heterocycles. The molecule has 0 unspecified atom stereocenters. The van der Waals surface area contributed by atoms with Crippen molar-refractivity contribution in [2.45, 2.75) is 38.5 Å². The van der Waals surface area contributed by atoms with Crippen molar-refractivity contribution in [1.82, 2.24) is 0 Å². The predicted octanol–water partition coefficient (Wildman–Crippen LogP) is 1.17. The van der Waals surface area contributed by atoms with Gasteiger partial charge in [-0.1, -0.05) is 25.7 Å². The second-order valence-corrected chi connectivity index (χ2v) is 5.80. The standard InChI is InChI=1S/C9H19NO3S/c10-7-9(8-14(11,12)13)5-3-1-2-4-6-9/h1-8,10H2,(H,11,12,13). The zero-order chi connectivity index (χ0) is 10.7. The predicted molar refractivity (Wildman–Crippen MR) is 55.6 cm³/mol. The summed E-state index contributed by atoms with van der Waals surface area (Å²) in [7, 11) is -3.89. The van der Waals surface area contributed by atoms with Crippen LogP contribution < -0.4 is 5.73 Å². The van der Waals surface area contributed by atoms with Gasteiger partial charge in [0.05, 0.1) is 5.75 Å². The Morgan fingerprint density at radius 3 is 2.00 bits per heavy atom. The Bertz CT molecular complexity index is 266. The van der Waals surface area contributed by atoms with Crippen LogP contribution in [-0.4, -0.2) is 25.3 Å². The summed E-state index contributed by atoms with van der Waals surface area (Å²) in [4.78, 5) is 0. The molecule has 14 heavy (non-hydrogen) atoms. The molecule has 0 radical (unpaired) electrons. The molecular weight excluding hydrogens is 202 g/mol. The van der Waals surface area contributed by atoms with Gasteiger partial charge in [-0.2, -0.15) is 8.42 Å². The molecule has 0 saturated heterocycles. The van der Waals surface area contributed by atoms with Gasteiger partial charge in [-0.3, -0.25) is 4.55 Å². The smallest absolute Gasteiger partial charge is 0.265 e. The highest BCUT2D eigenvalue weighted by molar-refractivity contribution is 7.85. The normalized spacial score (nSPS) is 23.0. The fourth-order valence-corrected chi connectivity index (χ4v) is 3.45. The van der Waals surface area contributed by atoms with E-state index in [1.165, 1.54) is 0 Å². The van der Waals surface area contributed by atoms with Crippen molar-refractivity contribution < 1.29 is 13.0 Å². The summed E-state index contributed by atoms with van der Waals surface area (Å²) in [6.07, 6.45) is 5.98. The van der Waals surface area contributed by atoms with Gasteiger partial charge in [0.25, 0.3) is 10.1 Å². The van der Waals surface area contributed by atoms with Gasteiger partial charge in [0.1, 0.15) is 0 Å². The van der Waals surface area contributed by atoms with Gasteiger partial charge < -0.3 is 5.73 Å². The van der Waals surface area contributed by atoms with E-state index in [0.29, 0.717) is 6.54 Å². The molecule has 0 aromatic carbocycles. The molecule has 0 spiro atoms. The van der Waals surface area contributed by atoms with Crippen LogP contribution in [0.15, 0.2) is 0 Å². The van der Waals surface area contributed by atoms with E-state index in [1.807, 2.05) is 0 Å². The average Bonchev–Trinajstić information content (AvgIpc) is 2.28. The summed E-state index contributed by atoms with van der Waals surface area (Å²) in [5, 5.41) is 0. The number of hydrogen-bond donors (Lipinski definition) is 2. The van der Waals surface area contributed by atoms with Crippen molar-refractivity contribution in [2.24, 2.45) is 11.1 Å². The monoisotopic (exact) mass is 221 g/mol. The maximum atomic E-state index is 10.9. The van der Waals surface area contributed by atoms with Gasteiger partial charge in [-0.05, 0) is 24.8 Å². The average molecular weight is 221 g/mol. The maximum Gasteiger partial charge on any atom is 0.265 e. The molecule has 0 atom stereocenters. The topological polar surface area (TPSA) is 80.4 Å². The molecule has 1 aliphatic carbocycles. The lowest BCUT2D eigenvalue weighted by Gasteiger charge is -2.29. The van der Waals surface area contributed by atoms with E-state index >= 15 is 0 Å². The van der Waals surface area contributed by atoms with Crippen LogP contribution in [0.3, 0.4) is 0 Å². The molecule has 1 fully saturated rings. The van der Waals surface area contributed by atoms with Crippen LogP contribution in [0, 0.1) is 5.41 Å². The molecule has 0 heterocycles. The number of nitrogens with two attached hydrogens (primary N) is 1. The van der Waals surface area contributed by atoms with Gasteiger partial charge in [0.2, 0.25) is 0 Å². The van der Waals surface area contributed by atoms with E-state index in [9.17, 15) is 8.42 Å². The summed E-state index contributed by atoms with van der Waals surface area (Å²) in [6.45, 7) is 0.354. The van der Waals surface area contributed by atoms with E-state index in [1.54, 1.807) is 0 Å². The second kappa shape index (κ2) is 4.59. The van der Waals surface area contributed by atoms with Gasteiger partial charge in [0, 0.05) is 0 Å². The van der Waals surface area contributed by atoms with Crippen LogP contribution >= 0.6 is 0 Å². The van der Waals surface area contributed by atoms with Crippen LogP contribution in [0.1, 0.15) is 38.5 Å². The minimum absolute atomic E-state index is 0.170. The first-order valence-electron chi connectivity index (χ1n) is 5.13. The molecule has 1 saturated carbocycles. The second-order valence-electron chi connectivity index (χ2n) is 4.34. The largest absolute Gasteiger partial charge is 0.330 e. The van der Waals surface area contributed by atoms with Crippen LogP contribution in [0.4, 0.5) is 0 Å². The third-order valence-corrected chi connectivity index (χ3v) is 4.06. The summed E-state index contributed by atoms with van der Waals surface area (Å²) in [5.41, 5.74) is 5.27. The summed E-state index contributed by atoms with van der Waals surface area (Å²) in [6, 6.07) is 0. The van der Waals surface area contributed by atoms with Crippen molar-refractivity contribution >= 4 is 10.1 Å². The molecule has 0 aromatic rings. The van der Waals surface area contributed by atoms with E-state index in [-0.39, 0.29) is 11.2 Å². The quantitative estimate of drug-likeness (QED) is 0.554. The Hall–Kier alpha value is -0.130.